The van der Waals surface area contributed by atoms with Gasteiger partial charge in [0.15, 0.2) is 5.82 Å². The van der Waals surface area contributed by atoms with Gasteiger partial charge in [-0.25, -0.2) is 24.0 Å². The number of aromatic nitrogens is 1. The van der Waals surface area contributed by atoms with E-state index in [2.05, 4.69) is 15.1 Å². The van der Waals surface area contributed by atoms with Crippen molar-refractivity contribution in [2.45, 2.75) is 41.9 Å². The van der Waals surface area contributed by atoms with Crippen LogP contribution in [-0.4, -0.2) is 30.9 Å². The third kappa shape index (κ3) is 4.01. The number of nitrogens with two attached hydrogens (primary N) is 1. The van der Waals surface area contributed by atoms with Crippen LogP contribution in [-0.2, 0) is 10.0 Å². The summed E-state index contributed by atoms with van der Waals surface area (Å²) >= 11 is 7.64. The van der Waals surface area contributed by atoms with Crippen molar-refractivity contribution in [3.8, 4) is 0 Å². The van der Waals surface area contributed by atoms with Crippen LogP contribution >= 0.6 is 23.4 Å². The summed E-state index contributed by atoms with van der Waals surface area (Å²) in [7, 11) is -3.63. The van der Waals surface area contributed by atoms with Crippen molar-refractivity contribution in [3.05, 3.63) is 17.3 Å². The van der Waals surface area contributed by atoms with Crippen molar-refractivity contribution in [3.63, 3.8) is 0 Å². The first kappa shape index (κ1) is 16.8. The first-order chi connectivity index (χ1) is 9.97. The minimum atomic E-state index is -3.63. The molecule has 0 aliphatic heterocycles. The summed E-state index contributed by atoms with van der Waals surface area (Å²) in [4.78, 5) is 3.96. The van der Waals surface area contributed by atoms with Crippen LogP contribution in [0.1, 0.15) is 25.7 Å². The molecule has 4 N–H and O–H groups in total. The summed E-state index contributed by atoms with van der Waals surface area (Å²) in [6.45, 7) is 0. The molecule has 2 rings (SSSR count). The van der Waals surface area contributed by atoms with Gasteiger partial charge in [0.05, 0.1) is 5.02 Å². The number of pyridine rings is 1. The molecule has 0 aromatic carbocycles. The fourth-order valence-corrected chi connectivity index (χ4v) is 5.04. The lowest BCUT2D eigenvalue weighted by molar-refractivity contribution is 0.423. The molecule has 1 aromatic heterocycles. The highest BCUT2D eigenvalue weighted by atomic mass is 35.5. The lowest BCUT2D eigenvalue weighted by Crippen LogP contribution is -2.43. The Bertz CT molecular complexity index is 597. The third-order valence-electron chi connectivity index (χ3n) is 3.57. The van der Waals surface area contributed by atoms with Crippen LogP contribution in [0.15, 0.2) is 17.2 Å². The van der Waals surface area contributed by atoms with Gasteiger partial charge in [-0.1, -0.05) is 24.4 Å². The summed E-state index contributed by atoms with van der Waals surface area (Å²) < 4.78 is 27.7. The first-order valence-electron chi connectivity index (χ1n) is 6.65. The zero-order chi connectivity index (χ0) is 15.5. The van der Waals surface area contributed by atoms with E-state index in [1.165, 1.54) is 12.3 Å². The molecular weight excluding hydrogens is 332 g/mol. The van der Waals surface area contributed by atoms with Crippen molar-refractivity contribution >= 4 is 39.2 Å². The molecule has 1 saturated carbocycles. The standard InChI is InChI=1S/C12H19ClN4O2S2/c1-20-11-5-3-2-4-10(11)17-21(18,19)8-6-9(13)12(16-14)15-7-8/h6-7,10-11,17H,2-5,14H2,1H3,(H,15,16). The van der Waals surface area contributed by atoms with Crippen LogP contribution in [0.2, 0.25) is 5.02 Å². The Morgan fingerprint density at radius 3 is 2.76 bits per heavy atom. The quantitative estimate of drug-likeness (QED) is 0.555. The highest BCUT2D eigenvalue weighted by Gasteiger charge is 2.29. The number of thioether (sulfide) groups is 1. The van der Waals surface area contributed by atoms with E-state index < -0.39 is 10.0 Å². The highest BCUT2D eigenvalue weighted by molar-refractivity contribution is 7.99. The van der Waals surface area contributed by atoms with E-state index in [4.69, 9.17) is 17.4 Å². The molecule has 2 atom stereocenters. The molecule has 0 spiro atoms. The number of rotatable bonds is 5. The average molecular weight is 351 g/mol. The van der Waals surface area contributed by atoms with Gasteiger partial charge in [-0.05, 0) is 25.2 Å². The van der Waals surface area contributed by atoms with Crippen LogP contribution in [0.4, 0.5) is 5.82 Å². The van der Waals surface area contributed by atoms with Crippen LogP contribution in [0, 0.1) is 0 Å². The molecule has 1 aromatic rings. The Balaban J connectivity index is 2.19. The van der Waals surface area contributed by atoms with E-state index in [1.807, 2.05) is 6.26 Å². The number of hydrogen-bond acceptors (Lipinski definition) is 6. The first-order valence-corrected chi connectivity index (χ1v) is 9.80. The fourth-order valence-electron chi connectivity index (χ4n) is 2.45. The van der Waals surface area contributed by atoms with Gasteiger partial charge in [0, 0.05) is 17.5 Å². The topological polar surface area (TPSA) is 97.1 Å². The van der Waals surface area contributed by atoms with E-state index in [-0.39, 0.29) is 21.8 Å². The Morgan fingerprint density at radius 2 is 2.14 bits per heavy atom. The lowest BCUT2D eigenvalue weighted by atomic mass is 9.96. The van der Waals surface area contributed by atoms with E-state index in [0.717, 1.165) is 25.7 Å². The molecule has 1 aliphatic carbocycles. The maximum Gasteiger partial charge on any atom is 0.242 e. The predicted molar refractivity (Wildman–Crippen MR) is 86.9 cm³/mol. The Labute approximate surface area is 134 Å². The van der Waals surface area contributed by atoms with Crippen molar-refractivity contribution in [2.24, 2.45) is 5.84 Å². The number of anilines is 1. The molecule has 0 saturated heterocycles. The van der Waals surface area contributed by atoms with Crippen molar-refractivity contribution in [2.75, 3.05) is 11.7 Å². The Morgan fingerprint density at radius 1 is 1.43 bits per heavy atom. The molecule has 1 heterocycles. The van der Waals surface area contributed by atoms with Gasteiger partial charge in [-0.2, -0.15) is 11.8 Å². The predicted octanol–water partition coefficient (Wildman–Crippen LogP) is 1.97. The monoisotopic (exact) mass is 350 g/mol. The summed E-state index contributed by atoms with van der Waals surface area (Å²) in [5, 5.41) is 0.479. The van der Waals surface area contributed by atoms with Crippen LogP contribution in [0.25, 0.3) is 0 Å². The van der Waals surface area contributed by atoms with Gasteiger partial charge in [0.2, 0.25) is 10.0 Å². The highest BCUT2D eigenvalue weighted by Crippen LogP contribution is 2.29. The van der Waals surface area contributed by atoms with Crippen molar-refractivity contribution in [1.29, 1.82) is 0 Å². The van der Waals surface area contributed by atoms with Gasteiger partial charge in [0.25, 0.3) is 0 Å². The minimum Gasteiger partial charge on any atom is -0.307 e. The summed E-state index contributed by atoms with van der Waals surface area (Å²) in [6.07, 6.45) is 7.34. The molecule has 1 fully saturated rings. The molecule has 118 valence electrons. The van der Waals surface area contributed by atoms with E-state index >= 15 is 0 Å². The zero-order valence-electron chi connectivity index (χ0n) is 11.7. The van der Waals surface area contributed by atoms with E-state index in [9.17, 15) is 8.42 Å². The number of nitrogen functional groups attached to an aromatic ring is 1. The number of hydrazine groups is 1. The lowest BCUT2D eigenvalue weighted by Gasteiger charge is -2.30. The van der Waals surface area contributed by atoms with Gasteiger partial charge in [0.1, 0.15) is 4.90 Å². The SMILES string of the molecule is CSC1CCCCC1NS(=O)(=O)c1cnc(NN)c(Cl)c1. The molecule has 0 amide bonds. The van der Waals surface area contributed by atoms with Gasteiger partial charge >= 0.3 is 0 Å². The molecule has 6 nitrogen and oxygen atoms in total. The fraction of sp³-hybridized carbons (Fsp3) is 0.583. The molecular formula is C12H19ClN4O2S2. The van der Waals surface area contributed by atoms with Gasteiger partial charge in [-0.3, -0.25) is 0 Å². The second kappa shape index (κ2) is 7.15. The number of nitrogens with zero attached hydrogens (tertiary/aromatic N) is 1. The number of hydrogen-bond donors (Lipinski definition) is 3. The van der Waals surface area contributed by atoms with Crippen LogP contribution < -0.4 is 16.0 Å². The number of sulfonamides is 1. The summed E-state index contributed by atoms with van der Waals surface area (Å²) in [5.41, 5.74) is 2.31. The molecule has 9 heteroatoms. The number of nitrogens with one attached hydrogen (secondary N) is 2. The smallest absolute Gasteiger partial charge is 0.242 e. The molecule has 0 radical (unpaired) electrons. The van der Waals surface area contributed by atoms with E-state index in [1.54, 1.807) is 11.8 Å². The van der Waals surface area contributed by atoms with Gasteiger partial charge in [-0.15, -0.1) is 0 Å². The second-order valence-corrected chi connectivity index (χ2v) is 8.13. The van der Waals surface area contributed by atoms with Crippen LogP contribution in [0.3, 0.4) is 0 Å². The molecule has 1 aliphatic rings. The normalized spacial score (nSPS) is 23.0. The molecule has 21 heavy (non-hydrogen) atoms. The molecule has 2 unspecified atom stereocenters. The maximum atomic E-state index is 12.4. The van der Waals surface area contributed by atoms with Crippen molar-refractivity contribution < 1.29 is 8.42 Å². The van der Waals surface area contributed by atoms with Crippen molar-refractivity contribution in [1.82, 2.24) is 9.71 Å². The largest absolute Gasteiger partial charge is 0.307 e. The third-order valence-corrected chi connectivity index (χ3v) is 6.49. The molecule has 0 bridgehead atoms. The average Bonchev–Trinajstić information content (AvgIpc) is 2.47. The minimum absolute atomic E-state index is 0.0511. The van der Waals surface area contributed by atoms with Crippen LogP contribution in [0.5, 0.6) is 0 Å². The van der Waals surface area contributed by atoms with E-state index in [0.29, 0.717) is 5.25 Å². The summed E-state index contributed by atoms with van der Waals surface area (Å²) in [6, 6.07) is 1.30. The Hall–Kier alpha value is -0.540. The Kier molecular flexibility index (Phi) is 5.73. The second-order valence-electron chi connectivity index (χ2n) is 4.93. The summed E-state index contributed by atoms with van der Waals surface area (Å²) in [5.74, 6) is 5.48. The zero-order valence-corrected chi connectivity index (χ0v) is 14.1. The van der Waals surface area contributed by atoms with Gasteiger partial charge < -0.3 is 5.43 Å². The maximum absolute atomic E-state index is 12.4. The number of halogens is 1.